The molecule has 1 heterocycles. The lowest BCUT2D eigenvalue weighted by molar-refractivity contribution is 0.0695. The number of rotatable bonds is 3. The molecule has 1 aliphatic rings. The number of methoxy groups -OCH3 is 1. The van der Waals surface area contributed by atoms with Gasteiger partial charge in [0, 0.05) is 23.7 Å². The van der Waals surface area contributed by atoms with Crippen molar-refractivity contribution in [2.24, 2.45) is 0 Å². The Morgan fingerprint density at radius 3 is 2.65 bits per heavy atom. The van der Waals surface area contributed by atoms with Crippen LogP contribution < -0.4 is 20.1 Å². The molecule has 138 valence electrons. The van der Waals surface area contributed by atoms with Gasteiger partial charge in [-0.15, -0.1) is 0 Å². The average Bonchev–Trinajstić information content (AvgIpc) is 2.57. The van der Waals surface area contributed by atoms with E-state index in [9.17, 15) is 8.78 Å². The number of hydrogen-bond acceptors (Lipinski definition) is 3. The number of ether oxygens (including phenoxy) is 2. The topological polar surface area (TPSA) is 42.5 Å². The molecule has 2 aromatic carbocycles. The minimum absolute atomic E-state index is 0.117. The first kappa shape index (κ1) is 18.4. The van der Waals surface area contributed by atoms with Gasteiger partial charge in [-0.05, 0) is 56.4 Å². The molecule has 4 nitrogen and oxygen atoms in total. The molecule has 2 N–H and O–H groups in total. The van der Waals surface area contributed by atoms with Gasteiger partial charge in [-0.3, -0.25) is 0 Å². The maximum Gasteiger partial charge on any atom is 0.171 e. The number of hydrogen-bond donors (Lipinski definition) is 2. The van der Waals surface area contributed by atoms with Gasteiger partial charge in [-0.1, -0.05) is 0 Å². The van der Waals surface area contributed by atoms with Crippen molar-refractivity contribution in [3.05, 3.63) is 53.6 Å². The molecule has 0 fully saturated rings. The Labute approximate surface area is 156 Å². The Balaban J connectivity index is 1.79. The van der Waals surface area contributed by atoms with E-state index in [1.807, 2.05) is 32.0 Å². The lowest BCUT2D eigenvalue weighted by Gasteiger charge is -2.38. The molecule has 1 aliphatic heterocycles. The first-order valence-corrected chi connectivity index (χ1v) is 8.58. The highest BCUT2D eigenvalue weighted by molar-refractivity contribution is 7.80. The lowest BCUT2D eigenvalue weighted by Crippen LogP contribution is -2.42. The van der Waals surface area contributed by atoms with Crippen LogP contribution in [-0.4, -0.2) is 17.8 Å². The van der Waals surface area contributed by atoms with Gasteiger partial charge in [-0.25, -0.2) is 8.78 Å². The summed E-state index contributed by atoms with van der Waals surface area (Å²) in [5.74, 6) is -0.352. The van der Waals surface area contributed by atoms with Crippen LogP contribution in [-0.2, 0) is 0 Å². The first-order valence-electron chi connectivity index (χ1n) is 8.17. The molecule has 0 bridgehead atoms. The molecule has 0 aliphatic carbocycles. The van der Waals surface area contributed by atoms with Crippen LogP contribution in [0.15, 0.2) is 36.4 Å². The highest BCUT2D eigenvalue weighted by Gasteiger charge is 2.34. The van der Waals surface area contributed by atoms with E-state index in [0.29, 0.717) is 17.2 Å². The molecule has 1 unspecified atom stereocenters. The second-order valence-electron chi connectivity index (χ2n) is 6.75. The van der Waals surface area contributed by atoms with Crippen LogP contribution in [0.2, 0.25) is 0 Å². The Morgan fingerprint density at radius 2 is 1.96 bits per heavy atom. The predicted octanol–water partition coefficient (Wildman–Crippen LogP) is 4.56. The zero-order valence-electron chi connectivity index (χ0n) is 14.7. The molecule has 0 aromatic heterocycles. The Morgan fingerprint density at radius 1 is 1.19 bits per heavy atom. The maximum atomic E-state index is 13.4. The number of halogens is 2. The van der Waals surface area contributed by atoms with Crippen molar-refractivity contribution in [2.45, 2.75) is 31.9 Å². The Bertz CT molecular complexity index is 842. The van der Waals surface area contributed by atoms with Crippen LogP contribution in [0.4, 0.5) is 14.5 Å². The van der Waals surface area contributed by atoms with Gasteiger partial charge in [0.05, 0.1) is 13.2 Å². The quantitative estimate of drug-likeness (QED) is 0.767. The van der Waals surface area contributed by atoms with Gasteiger partial charge in [0.25, 0.3) is 0 Å². The third-order valence-electron chi connectivity index (χ3n) is 4.16. The van der Waals surface area contributed by atoms with Gasteiger partial charge in [-0.2, -0.15) is 0 Å². The number of fused-ring (bicyclic) bond motifs is 1. The number of thiocarbonyl (C=S) groups is 1. The summed E-state index contributed by atoms with van der Waals surface area (Å²) in [7, 11) is 1.60. The van der Waals surface area contributed by atoms with Crippen molar-refractivity contribution in [3.8, 4) is 11.5 Å². The largest absolute Gasteiger partial charge is 0.497 e. The molecule has 0 radical (unpaired) electrons. The maximum absolute atomic E-state index is 13.4. The van der Waals surface area contributed by atoms with Crippen LogP contribution in [0.1, 0.15) is 31.9 Å². The third-order valence-corrected chi connectivity index (χ3v) is 4.38. The van der Waals surface area contributed by atoms with E-state index in [1.54, 1.807) is 7.11 Å². The zero-order chi connectivity index (χ0) is 18.9. The Kier molecular flexibility index (Phi) is 5.00. The fraction of sp³-hybridized carbons (Fsp3) is 0.316. The monoisotopic (exact) mass is 378 g/mol. The van der Waals surface area contributed by atoms with Crippen LogP contribution in [0.25, 0.3) is 0 Å². The summed E-state index contributed by atoms with van der Waals surface area (Å²) in [6, 6.07) is 9.05. The standard InChI is InChI=1S/C19H20F2N2O2S/c1-19(2)10-16(13-9-12(24-3)5-7-17(13)25-19)23-18(26)22-11-4-6-14(20)15(21)8-11/h4-9,16H,10H2,1-3H3,(H2,22,23,26). The highest BCUT2D eigenvalue weighted by atomic mass is 32.1. The van der Waals surface area contributed by atoms with E-state index in [-0.39, 0.29) is 11.6 Å². The van der Waals surface area contributed by atoms with Gasteiger partial charge >= 0.3 is 0 Å². The van der Waals surface area contributed by atoms with E-state index in [2.05, 4.69) is 10.6 Å². The summed E-state index contributed by atoms with van der Waals surface area (Å²) in [6.07, 6.45) is 0.673. The Hall–Kier alpha value is -2.41. The molecule has 7 heteroatoms. The SMILES string of the molecule is COc1ccc2c(c1)C(NC(=S)Nc1ccc(F)c(F)c1)CC(C)(C)O2. The molecule has 3 rings (SSSR count). The molecule has 0 spiro atoms. The van der Waals surface area contributed by atoms with E-state index in [0.717, 1.165) is 29.2 Å². The minimum atomic E-state index is -0.930. The first-order chi connectivity index (χ1) is 12.3. The van der Waals surface area contributed by atoms with Crippen molar-refractivity contribution in [2.75, 3.05) is 12.4 Å². The number of benzene rings is 2. The third kappa shape index (κ3) is 4.04. The average molecular weight is 378 g/mol. The summed E-state index contributed by atoms with van der Waals surface area (Å²) >= 11 is 5.35. The molecular weight excluding hydrogens is 358 g/mol. The summed E-state index contributed by atoms with van der Waals surface area (Å²) in [4.78, 5) is 0. The van der Waals surface area contributed by atoms with Crippen LogP contribution in [0.3, 0.4) is 0 Å². The van der Waals surface area contributed by atoms with E-state index in [1.165, 1.54) is 6.07 Å². The van der Waals surface area contributed by atoms with Gasteiger partial charge in [0.2, 0.25) is 0 Å². The summed E-state index contributed by atoms with van der Waals surface area (Å²) in [5, 5.41) is 6.43. The van der Waals surface area contributed by atoms with Crippen LogP contribution in [0.5, 0.6) is 11.5 Å². The molecular formula is C19H20F2N2O2S. The normalized spacial score (nSPS) is 17.7. The van der Waals surface area contributed by atoms with Crippen molar-refractivity contribution >= 4 is 23.0 Å². The molecule has 2 aromatic rings. The molecule has 26 heavy (non-hydrogen) atoms. The van der Waals surface area contributed by atoms with E-state index < -0.39 is 11.6 Å². The minimum Gasteiger partial charge on any atom is -0.497 e. The highest BCUT2D eigenvalue weighted by Crippen LogP contribution is 2.41. The van der Waals surface area contributed by atoms with Gasteiger partial charge in [0.1, 0.15) is 17.1 Å². The molecule has 1 atom stereocenters. The van der Waals surface area contributed by atoms with Crippen molar-refractivity contribution < 1.29 is 18.3 Å². The molecule has 0 amide bonds. The van der Waals surface area contributed by atoms with E-state index in [4.69, 9.17) is 21.7 Å². The van der Waals surface area contributed by atoms with Crippen LogP contribution in [0, 0.1) is 11.6 Å². The predicted molar refractivity (Wildman–Crippen MR) is 101 cm³/mol. The lowest BCUT2D eigenvalue weighted by atomic mass is 9.89. The van der Waals surface area contributed by atoms with Crippen molar-refractivity contribution in [3.63, 3.8) is 0 Å². The fourth-order valence-corrected chi connectivity index (χ4v) is 3.25. The van der Waals surface area contributed by atoms with Crippen molar-refractivity contribution in [1.29, 1.82) is 0 Å². The zero-order valence-corrected chi connectivity index (χ0v) is 15.5. The smallest absolute Gasteiger partial charge is 0.171 e. The summed E-state index contributed by atoms with van der Waals surface area (Å²) < 4.78 is 37.7. The van der Waals surface area contributed by atoms with E-state index >= 15 is 0 Å². The van der Waals surface area contributed by atoms with Gasteiger partial charge in [0.15, 0.2) is 16.7 Å². The molecule has 0 saturated heterocycles. The van der Waals surface area contributed by atoms with Crippen LogP contribution >= 0.6 is 12.2 Å². The summed E-state index contributed by atoms with van der Waals surface area (Å²) in [6.45, 7) is 4.00. The second-order valence-corrected chi connectivity index (χ2v) is 7.16. The van der Waals surface area contributed by atoms with Crippen molar-refractivity contribution in [1.82, 2.24) is 5.32 Å². The van der Waals surface area contributed by atoms with Gasteiger partial charge < -0.3 is 20.1 Å². The fourth-order valence-electron chi connectivity index (χ4n) is 2.99. The second kappa shape index (κ2) is 7.07. The molecule has 0 saturated carbocycles. The summed E-state index contributed by atoms with van der Waals surface area (Å²) in [5.41, 5.74) is 0.924. The number of anilines is 1. The number of nitrogens with one attached hydrogen (secondary N) is 2.